The first-order valence-corrected chi connectivity index (χ1v) is 8.39. The van der Waals surface area contributed by atoms with Crippen LogP contribution < -0.4 is 14.8 Å². The van der Waals surface area contributed by atoms with Crippen molar-refractivity contribution in [1.82, 2.24) is 10.2 Å². The van der Waals surface area contributed by atoms with Crippen molar-refractivity contribution < 1.29 is 23.5 Å². The van der Waals surface area contributed by atoms with Gasteiger partial charge < -0.3 is 24.1 Å². The van der Waals surface area contributed by atoms with E-state index < -0.39 is 0 Å². The molecule has 1 aliphatic heterocycles. The Hall–Kier alpha value is -2.96. The third kappa shape index (κ3) is 3.99. The fourth-order valence-corrected chi connectivity index (χ4v) is 3.04. The molecule has 0 saturated carbocycles. The molecule has 0 radical (unpaired) electrons. The molecule has 1 saturated heterocycles. The van der Waals surface area contributed by atoms with Gasteiger partial charge in [0.05, 0.1) is 32.9 Å². The van der Waals surface area contributed by atoms with Gasteiger partial charge in [0.2, 0.25) is 11.8 Å². The van der Waals surface area contributed by atoms with Gasteiger partial charge in [-0.2, -0.15) is 0 Å². The zero-order chi connectivity index (χ0) is 18.5. The molecule has 0 aliphatic carbocycles. The first-order valence-electron chi connectivity index (χ1n) is 8.39. The van der Waals surface area contributed by atoms with Gasteiger partial charge in [0.15, 0.2) is 0 Å². The van der Waals surface area contributed by atoms with Crippen molar-refractivity contribution in [2.75, 3.05) is 20.8 Å². The summed E-state index contributed by atoms with van der Waals surface area (Å²) in [5.41, 5.74) is 0.817. The second-order valence-electron chi connectivity index (χ2n) is 6.15. The fraction of sp³-hybridized carbons (Fsp3) is 0.368. The Morgan fingerprint density at radius 2 is 2.15 bits per heavy atom. The van der Waals surface area contributed by atoms with E-state index in [-0.39, 0.29) is 24.2 Å². The zero-order valence-corrected chi connectivity index (χ0v) is 14.9. The van der Waals surface area contributed by atoms with Gasteiger partial charge >= 0.3 is 0 Å². The number of rotatable bonds is 7. The number of likely N-dealkylation sites (tertiary alicyclic amines) is 1. The lowest BCUT2D eigenvalue weighted by Crippen LogP contribution is -2.32. The number of ether oxygens (including phenoxy) is 2. The minimum absolute atomic E-state index is 0.0412. The summed E-state index contributed by atoms with van der Waals surface area (Å²) in [6.07, 6.45) is 1.78. The molecule has 1 fully saturated rings. The van der Waals surface area contributed by atoms with Crippen LogP contribution in [0.4, 0.5) is 0 Å². The Kier molecular flexibility index (Phi) is 5.46. The number of methoxy groups -OCH3 is 2. The number of nitrogens with one attached hydrogen (secondary N) is 1. The van der Waals surface area contributed by atoms with Crippen molar-refractivity contribution in [3.63, 3.8) is 0 Å². The standard InChI is InChI=1S/C19H22N2O5/c1-24-15-5-6-17(25-2)13(8-15)10-20-19(23)14-9-18(22)21(11-14)12-16-4-3-7-26-16/h3-8,14H,9-12H2,1-2H3,(H,20,23)/t14-/m1/s1. The van der Waals surface area contributed by atoms with Crippen LogP contribution in [0.15, 0.2) is 41.0 Å². The third-order valence-corrected chi connectivity index (χ3v) is 4.45. The summed E-state index contributed by atoms with van der Waals surface area (Å²) in [4.78, 5) is 26.3. The summed E-state index contributed by atoms with van der Waals surface area (Å²) >= 11 is 0. The molecule has 0 spiro atoms. The van der Waals surface area contributed by atoms with Crippen LogP contribution in [0.2, 0.25) is 0 Å². The number of benzene rings is 1. The van der Waals surface area contributed by atoms with Crippen LogP contribution in [0.3, 0.4) is 0 Å². The molecule has 0 bridgehead atoms. The molecule has 1 aliphatic rings. The Bertz CT molecular complexity index is 772. The van der Waals surface area contributed by atoms with Gasteiger partial charge in [-0.1, -0.05) is 0 Å². The van der Waals surface area contributed by atoms with E-state index in [9.17, 15) is 9.59 Å². The van der Waals surface area contributed by atoms with Crippen LogP contribution in [0, 0.1) is 5.92 Å². The highest BCUT2D eigenvalue weighted by molar-refractivity contribution is 5.89. The summed E-state index contributed by atoms with van der Waals surface area (Å²) in [6, 6.07) is 9.01. The maximum absolute atomic E-state index is 12.5. The first kappa shape index (κ1) is 17.8. The number of carbonyl (C=O) groups excluding carboxylic acids is 2. The van der Waals surface area contributed by atoms with Crippen LogP contribution in [0.5, 0.6) is 11.5 Å². The Morgan fingerprint density at radius 3 is 2.85 bits per heavy atom. The summed E-state index contributed by atoms with van der Waals surface area (Å²) in [6.45, 7) is 1.09. The normalized spacial score (nSPS) is 16.6. The molecule has 2 heterocycles. The first-order chi connectivity index (χ1) is 12.6. The van der Waals surface area contributed by atoms with Crippen molar-refractivity contribution in [1.29, 1.82) is 0 Å². The van der Waals surface area contributed by atoms with Gasteiger partial charge in [-0.25, -0.2) is 0 Å². The molecule has 1 aromatic heterocycles. The molecular formula is C19H22N2O5. The summed E-state index contributed by atoms with van der Waals surface area (Å²) in [5, 5.41) is 2.89. The van der Waals surface area contributed by atoms with E-state index in [4.69, 9.17) is 13.9 Å². The Labute approximate surface area is 151 Å². The molecule has 3 rings (SSSR count). The lowest BCUT2D eigenvalue weighted by Gasteiger charge is -2.15. The Morgan fingerprint density at radius 1 is 1.31 bits per heavy atom. The van der Waals surface area contributed by atoms with Gasteiger partial charge in [-0.05, 0) is 30.3 Å². The van der Waals surface area contributed by atoms with Crippen LogP contribution >= 0.6 is 0 Å². The van der Waals surface area contributed by atoms with E-state index in [0.717, 1.165) is 5.56 Å². The molecule has 7 nitrogen and oxygen atoms in total. The second kappa shape index (κ2) is 7.95. The van der Waals surface area contributed by atoms with Crippen LogP contribution in [0.25, 0.3) is 0 Å². The lowest BCUT2D eigenvalue weighted by molar-refractivity contribution is -0.129. The molecule has 26 heavy (non-hydrogen) atoms. The number of hydrogen-bond donors (Lipinski definition) is 1. The molecule has 1 atom stereocenters. The second-order valence-corrected chi connectivity index (χ2v) is 6.15. The molecule has 138 valence electrons. The topological polar surface area (TPSA) is 81.0 Å². The van der Waals surface area contributed by atoms with Gasteiger partial charge in [-0.15, -0.1) is 0 Å². The van der Waals surface area contributed by atoms with Gasteiger partial charge in [0, 0.05) is 25.1 Å². The quantitative estimate of drug-likeness (QED) is 0.818. The van der Waals surface area contributed by atoms with E-state index >= 15 is 0 Å². The van der Waals surface area contributed by atoms with Gasteiger partial charge in [0.25, 0.3) is 0 Å². The van der Waals surface area contributed by atoms with E-state index in [1.54, 1.807) is 43.6 Å². The number of carbonyl (C=O) groups is 2. The summed E-state index contributed by atoms with van der Waals surface area (Å²) < 4.78 is 15.8. The monoisotopic (exact) mass is 358 g/mol. The molecular weight excluding hydrogens is 336 g/mol. The number of amides is 2. The van der Waals surface area contributed by atoms with E-state index in [2.05, 4.69) is 5.32 Å². The number of hydrogen-bond acceptors (Lipinski definition) is 5. The lowest BCUT2D eigenvalue weighted by atomic mass is 10.1. The van der Waals surface area contributed by atoms with E-state index in [1.165, 1.54) is 0 Å². The molecule has 1 aromatic carbocycles. The largest absolute Gasteiger partial charge is 0.497 e. The van der Waals surface area contributed by atoms with Gasteiger partial charge in [0.1, 0.15) is 17.3 Å². The molecule has 2 aromatic rings. The maximum Gasteiger partial charge on any atom is 0.225 e. The highest BCUT2D eigenvalue weighted by atomic mass is 16.5. The van der Waals surface area contributed by atoms with Crippen molar-refractivity contribution in [3.8, 4) is 11.5 Å². The highest BCUT2D eigenvalue weighted by Gasteiger charge is 2.34. The number of nitrogens with zero attached hydrogens (tertiary/aromatic N) is 1. The molecule has 1 N–H and O–H groups in total. The summed E-state index contributed by atoms with van der Waals surface area (Å²) in [5.74, 6) is 1.52. The van der Waals surface area contributed by atoms with Crippen LogP contribution in [-0.2, 0) is 22.7 Å². The fourth-order valence-electron chi connectivity index (χ4n) is 3.04. The van der Waals surface area contributed by atoms with E-state index in [1.807, 2.05) is 12.1 Å². The third-order valence-electron chi connectivity index (χ3n) is 4.45. The van der Waals surface area contributed by atoms with Crippen molar-refractivity contribution in [2.24, 2.45) is 5.92 Å². The van der Waals surface area contributed by atoms with Crippen LogP contribution in [0.1, 0.15) is 17.7 Å². The molecule has 7 heteroatoms. The molecule has 2 amide bonds. The average molecular weight is 358 g/mol. The minimum Gasteiger partial charge on any atom is -0.497 e. The predicted octanol–water partition coefficient (Wildman–Crippen LogP) is 1.96. The zero-order valence-electron chi connectivity index (χ0n) is 14.9. The Balaban J connectivity index is 1.58. The molecule has 0 unspecified atom stereocenters. The maximum atomic E-state index is 12.5. The van der Waals surface area contributed by atoms with Gasteiger partial charge in [-0.3, -0.25) is 9.59 Å². The number of furan rings is 1. The van der Waals surface area contributed by atoms with Crippen molar-refractivity contribution in [2.45, 2.75) is 19.5 Å². The smallest absolute Gasteiger partial charge is 0.225 e. The average Bonchev–Trinajstić information content (AvgIpc) is 3.30. The highest BCUT2D eigenvalue weighted by Crippen LogP contribution is 2.25. The van der Waals surface area contributed by atoms with E-state index in [0.29, 0.717) is 36.9 Å². The van der Waals surface area contributed by atoms with Crippen molar-refractivity contribution >= 4 is 11.8 Å². The minimum atomic E-state index is -0.367. The SMILES string of the molecule is COc1ccc(OC)c(CNC(=O)[C@@H]2CC(=O)N(Cc3ccco3)C2)c1. The predicted molar refractivity (Wildman–Crippen MR) is 93.6 cm³/mol. The van der Waals surface area contributed by atoms with Crippen molar-refractivity contribution in [3.05, 3.63) is 47.9 Å². The van der Waals surface area contributed by atoms with Crippen LogP contribution in [-0.4, -0.2) is 37.5 Å². The summed E-state index contributed by atoms with van der Waals surface area (Å²) in [7, 11) is 3.16.